The molecule has 21 heavy (non-hydrogen) atoms. The van der Waals surface area contributed by atoms with Gasteiger partial charge in [0.2, 0.25) is 0 Å². The normalized spacial score (nSPS) is 24.1. The summed E-state index contributed by atoms with van der Waals surface area (Å²) < 4.78 is 0. The number of rotatable bonds is 2. The Labute approximate surface area is 129 Å². The topological polar surface area (TPSA) is 15.3 Å². The summed E-state index contributed by atoms with van der Waals surface area (Å²) in [6, 6.07) is 9.66. The molecule has 1 saturated heterocycles. The lowest BCUT2D eigenvalue weighted by Gasteiger charge is -2.38. The molecule has 1 fully saturated rings. The Balaban J connectivity index is 1.97. The predicted molar refractivity (Wildman–Crippen MR) is 90.3 cm³/mol. The van der Waals surface area contributed by atoms with E-state index in [1.807, 2.05) is 0 Å². The minimum absolute atomic E-state index is 0.247. The second-order valence-corrected chi connectivity index (χ2v) is 7.29. The summed E-state index contributed by atoms with van der Waals surface area (Å²) in [5.74, 6) is 0. The zero-order chi connectivity index (χ0) is 14.9. The van der Waals surface area contributed by atoms with Crippen molar-refractivity contribution in [3.05, 3.63) is 41.5 Å². The Bertz CT molecular complexity index is 525. The zero-order valence-electron chi connectivity index (χ0n) is 13.7. The van der Waals surface area contributed by atoms with Crippen molar-refractivity contribution in [2.75, 3.05) is 19.6 Å². The van der Waals surface area contributed by atoms with Gasteiger partial charge in [-0.15, -0.1) is 0 Å². The molecule has 1 N–H and O–H groups in total. The highest BCUT2D eigenvalue weighted by molar-refractivity contribution is 5.69. The van der Waals surface area contributed by atoms with Gasteiger partial charge in [-0.3, -0.25) is 4.90 Å². The first kappa shape index (κ1) is 14.8. The molecule has 2 aliphatic rings. The van der Waals surface area contributed by atoms with E-state index >= 15 is 0 Å². The van der Waals surface area contributed by atoms with Gasteiger partial charge in [-0.05, 0) is 69.8 Å². The van der Waals surface area contributed by atoms with Crippen LogP contribution in [0.2, 0.25) is 0 Å². The maximum atomic E-state index is 3.42. The summed E-state index contributed by atoms with van der Waals surface area (Å²) in [6.45, 7) is 10.4. The number of benzene rings is 1. The highest BCUT2D eigenvalue weighted by Crippen LogP contribution is 2.40. The molecular formula is C19H28N2. The molecule has 0 aromatic heterocycles. The third-order valence-electron chi connectivity index (χ3n) is 4.84. The van der Waals surface area contributed by atoms with E-state index in [1.165, 1.54) is 36.1 Å². The first-order valence-corrected chi connectivity index (χ1v) is 8.33. The first-order valence-electron chi connectivity index (χ1n) is 8.33. The van der Waals surface area contributed by atoms with Crippen molar-refractivity contribution >= 4 is 5.57 Å². The average molecular weight is 284 g/mol. The molecule has 2 nitrogen and oxygen atoms in total. The fraction of sp³-hybridized carbons (Fsp3) is 0.579. The molecule has 2 aliphatic heterocycles. The molecular weight excluding hydrogens is 256 g/mol. The molecule has 2 heterocycles. The maximum absolute atomic E-state index is 3.42. The van der Waals surface area contributed by atoms with Gasteiger partial charge < -0.3 is 5.32 Å². The van der Waals surface area contributed by atoms with E-state index in [4.69, 9.17) is 0 Å². The van der Waals surface area contributed by atoms with Crippen LogP contribution in [0.3, 0.4) is 0 Å². The van der Waals surface area contributed by atoms with Crippen LogP contribution in [0.4, 0.5) is 0 Å². The lowest BCUT2D eigenvalue weighted by Crippen LogP contribution is -2.40. The Morgan fingerprint density at radius 2 is 2.00 bits per heavy atom. The van der Waals surface area contributed by atoms with Crippen LogP contribution in [0.1, 0.15) is 57.2 Å². The molecule has 0 radical (unpaired) electrons. The summed E-state index contributed by atoms with van der Waals surface area (Å²) in [7, 11) is 0. The molecule has 0 bridgehead atoms. The van der Waals surface area contributed by atoms with Crippen molar-refractivity contribution in [1.82, 2.24) is 10.2 Å². The van der Waals surface area contributed by atoms with Crippen molar-refractivity contribution in [2.24, 2.45) is 0 Å². The van der Waals surface area contributed by atoms with Gasteiger partial charge in [-0.25, -0.2) is 0 Å². The van der Waals surface area contributed by atoms with Crippen LogP contribution >= 0.6 is 0 Å². The third kappa shape index (κ3) is 3.07. The van der Waals surface area contributed by atoms with E-state index in [0.717, 1.165) is 19.5 Å². The van der Waals surface area contributed by atoms with Crippen LogP contribution in [0.15, 0.2) is 30.3 Å². The highest BCUT2D eigenvalue weighted by Gasteiger charge is 2.34. The van der Waals surface area contributed by atoms with E-state index in [-0.39, 0.29) is 5.54 Å². The van der Waals surface area contributed by atoms with Crippen LogP contribution in [-0.4, -0.2) is 30.1 Å². The molecule has 0 aliphatic carbocycles. The molecule has 0 saturated carbocycles. The SMILES string of the molecule is CC(C)(C)N1CCCC1c1ccccc1C1=CCNCC1. The molecule has 1 aromatic carbocycles. The van der Waals surface area contributed by atoms with E-state index in [9.17, 15) is 0 Å². The molecule has 1 aromatic rings. The lowest BCUT2D eigenvalue weighted by molar-refractivity contribution is 0.121. The van der Waals surface area contributed by atoms with Crippen LogP contribution in [0, 0.1) is 0 Å². The van der Waals surface area contributed by atoms with Gasteiger partial charge in [0.25, 0.3) is 0 Å². The van der Waals surface area contributed by atoms with Gasteiger partial charge in [0.1, 0.15) is 0 Å². The summed E-state index contributed by atoms with van der Waals surface area (Å²) in [4.78, 5) is 2.69. The fourth-order valence-electron chi connectivity index (χ4n) is 3.84. The zero-order valence-corrected chi connectivity index (χ0v) is 13.7. The van der Waals surface area contributed by atoms with Gasteiger partial charge in [0.05, 0.1) is 0 Å². The number of hydrogen-bond acceptors (Lipinski definition) is 2. The Hall–Kier alpha value is -1.12. The second-order valence-electron chi connectivity index (χ2n) is 7.29. The number of hydrogen-bond donors (Lipinski definition) is 1. The minimum Gasteiger partial charge on any atom is -0.313 e. The Morgan fingerprint density at radius 3 is 2.71 bits per heavy atom. The summed E-state index contributed by atoms with van der Waals surface area (Å²) in [6.07, 6.45) is 6.13. The maximum Gasteiger partial charge on any atom is 0.0359 e. The van der Waals surface area contributed by atoms with Crippen LogP contribution in [-0.2, 0) is 0 Å². The van der Waals surface area contributed by atoms with Gasteiger partial charge in [0.15, 0.2) is 0 Å². The molecule has 3 rings (SSSR count). The van der Waals surface area contributed by atoms with Gasteiger partial charge in [-0.2, -0.15) is 0 Å². The molecule has 1 atom stereocenters. The molecule has 0 spiro atoms. The highest BCUT2D eigenvalue weighted by atomic mass is 15.2. The summed E-state index contributed by atoms with van der Waals surface area (Å²) >= 11 is 0. The van der Waals surface area contributed by atoms with Crippen molar-refractivity contribution in [2.45, 2.75) is 51.6 Å². The van der Waals surface area contributed by atoms with E-state index in [1.54, 1.807) is 0 Å². The van der Waals surface area contributed by atoms with Crippen LogP contribution in [0.25, 0.3) is 5.57 Å². The van der Waals surface area contributed by atoms with Crippen LogP contribution < -0.4 is 5.32 Å². The quantitative estimate of drug-likeness (QED) is 0.883. The van der Waals surface area contributed by atoms with E-state index in [0.29, 0.717) is 6.04 Å². The molecule has 114 valence electrons. The molecule has 0 amide bonds. The van der Waals surface area contributed by atoms with Crippen molar-refractivity contribution in [1.29, 1.82) is 0 Å². The largest absolute Gasteiger partial charge is 0.313 e. The van der Waals surface area contributed by atoms with Crippen molar-refractivity contribution in [3.63, 3.8) is 0 Å². The van der Waals surface area contributed by atoms with E-state index < -0.39 is 0 Å². The monoisotopic (exact) mass is 284 g/mol. The summed E-state index contributed by atoms with van der Waals surface area (Å²) in [5, 5.41) is 3.42. The Morgan fingerprint density at radius 1 is 1.19 bits per heavy atom. The fourth-order valence-corrected chi connectivity index (χ4v) is 3.84. The first-order chi connectivity index (χ1) is 10.1. The van der Waals surface area contributed by atoms with Crippen molar-refractivity contribution in [3.8, 4) is 0 Å². The van der Waals surface area contributed by atoms with Gasteiger partial charge in [-0.1, -0.05) is 30.3 Å². The second kappa shape index (κ2) is 5.94. The standard InChI is InChI=1S/C19H28N2/c1-19(2,3)21-14-6-9-18(21)17-8-5-4-7-16(17)15-10-12-20-13-11-15/h4-5,7-8,10,18,20H,6,9,11-14H2,1-3H3. The number of nitrogens with one attached hydrogen (secondary N) is 1. The third-order valence-corrected chi connectivity index (χ3v) is 4.84. The van der Waals surface area contributed by atoms with Gasteiger partial charge >= 0.3 is 0 Å². The van der Waals surface area contributed by atoms with Crippen LogP contribution in [0.5, 0.6) is 0 Å². The smallest absolute Gasteiger partial charge is 0.0359 e. The molecule has 2 heteroatoms. The summed E-state index contributed by atoms with van der Waals surface area (Å²) in [5.41, 5.74) is 4.81. The van der Waals surface area contributed by atoms with E-state index in [2.05, 4.69) is 61.3 Å². The van der Waals surface area contributed by atoms with Crippen molar-refractivity contribution < 1.29 is 0 Å². The molecule has 1 unspecified atom stereocenters. The number of nitrogens with zero attached hydrogens (tertiary/aromatic N) is 1. The van der Waals surface area contributed by atoms with Gasteiger partial charge in [0, 0.05) is 18.1 Å². The minimum atomic E-state index is 0.247. The Kier molecular flexibility index (Phi) is 4.19. The average Bonchev–Trinajstić information content (AvgIpc) is 2.98. The predicted octanol–water partition coefficient (Wildman–Crippen LogP) is 4.00. The lowest BCUT2D eigenvalue weighted by atomic mass is 9.89. The number of likely N-dealkylation sites (tertiary alicyclic amines) is 1.